The normalized spacial score (nSPS) is 10.4. The van der Waals surface area contributed by atoms with Gasteiger partial charge in [-0.3, -0.25) is 4.79 Å². The number of halogens is 3. The lowest BCUT2D eigenvalue weighted by atomic mass is 10.2. The van der Waals surface area contributed by atoms with Gasteiger partial charge in [0.2, 0.25) is 0 Å². The Hall–Kier alpha value is -1.33. The lowest BCUT2D eigenvalue weighted by molar-refractivity contribution is 0.107. The van der Waals surface area contributed by atoms with Crippen LogP contribution in [-0.2, 0) is 0 Å². The molecule has 1 heterocycles. The summed E-state index contributed by atoms with van der Waals surface area (Å²) in [4.78, 5) is 14.6. The molecule has 1 aromatic heterocycles. The van der Waals surface area contributed by atoms with E-state index in [0.717, 1.165) is 23.5 Å². The molecule has 0 spiro atoms. The molecule has 1 aromatic carbocycles. The molecule has 16 heavy (non-hydrogen) atoms. The topological polar surface area (TPSA) is 30.0 Å². The monoisotopic (exact) mass is 259 g/mol. The highest BCUT2D eigenvalue weighted by molar-refractivity contribution is 7.13. The van der Waals surface area contributed by atoms with Crippen molar-refractivity contribution in [3.05, 3.63) is 40.9 Å². The van der Waals surface area contributed by atoms with Crippen LogP contribution in [0.4, 0.5) is 8.78 Å². The highest BCUT2D eigenvalue weighted by Crippen LogP contribution is 2.27. The molecule has 0 saturated carbocycles. The minimum Gasteiger partial charge on any atom is -0.274 e. The molecule has 0 aliphatic carbocycles. The summed E-state index contributed by atoms with van der Waals surface area (Å²) in [5.74, 6) is -1.38. The maximum absolute atomic E-state index is 13.4. The Bertz CT molecular complexity index is 556. The average molecular weight is 260 g/mol. The summed E-state index contributed by atoms with van der Waals surface area (Å²) in [5, 5.41) is 1.01. The lowest BCUT2D eigenvalue weighted by Gasteiger charge is -1.98. The van der Waals surface area contributed by atoms with Gasteiger partial charge in [0.25, 0.3) is 5.24 Å². The fourth-order valence-corrected chi connectivity index (χ4v) is 2.14. The van der Waals surface area contributed by atoms with E-state index in [1.165, 1.54) is 11.4 Å². The Morgan fingerprint density at radius 2 is 2.12 bits per heavy atom. The number of rotatable bonds is 2. The van der Waals surface area contributed by atoms with E-state index in [1.807, 2.05) is 0 Å². The number of benzene rings is 1. The zero-order valence-electron chi connectivity index (χ0n) is 7.71. The highest BCUT2D eigenvalue weighted by atomic mass is 35.5. The molecule has 0 aliphatic heterocycles. The van der Waals surface area contributed by atoms with E-state index in [-0.39, 0.29) is 11.3 Å². The third-order valence-corrected chi connectivity index (χ3v) is 2.94. The van der Waals surface area contributed by atoms with Crippen molar-refractivity contribution in [1.82, 2.24) is 4.98 Å². The van der Waals surface area contributed by atoms with Gasteiger partial charge in [-0.1, -0.05) is 0 Å². The summed E-state index contributed by atoms with van der Waals surface area (Å²) in [6.07, 6.45) is 0. The third kappa shape index (κ3) is 2.10. The molecule has 6 heteroatoms. The molecule has 0 saturated heterocycles. The molecule has 0 amide bonds. The first-order chi connectivity index (χ1) is 7.58. The van der Waals surface area contributed by atoms with Gasteiger partial charge in [-0.05, 0) is 23.7 Å². The van der Waals surface area contributed by atoms with Gasteiger partial charge >= 0.3 is 0 Å². The smallest absolute Gasteiger partial charge is 0.271 e. The van der Waals surface area contributed by atoms with E-state index >= 15 is 0 Å². The van der Waals surface area contributed by atoms with Crippen LogP contribution < -0.4 is 0 Å². The molecule has 2 nitrogen and oxygen atoms in total. The SMILES string of the molecule is O=C(Cl)c1csc(-c2ccc(F)cc2F)n1. The van der Waals surface area contributed by atoms with E-state index in [4.69, 9.17) is 11.6 Å². The molecule has 0 unspecified atom stereocenters. The van der Waals surface area contributed by atoms with Crippen molar-refractivity contribution >= 4 is 28.2 Å². The summed E-state index contributed by atoms with van der Waals surface area (Å²) in [5.41, 5.74) is 0.209. The van der Waals surface area contributed by atoms with Crippen molar-refractivity contribution in [1.29, 1.82) is 0 Å². The van der Waals surface area contributed by atoms with E-state index in [1.54, 1.807) is 0 Å². The summed E-state index contributed by atoms with van der Waals surface area (Å²) in [7, 11) is 0. The first-order valence-electron chi connectivity index (χ1n) is 4.18. The molecule has 0 atom stereocenters. The number of carbonyl (C=O) groups is 1. The first-order valence-corrected chi connectivity index (χ1v) is 5.44. The zero-order valence-corrected chi connectivity index (χ0v) is 9.28. The minimum absolute atomic E-state index is 0.0605. The van der Waals surface area contributed by atoms with Crippen molar-refractivity contribution in [2.45, 2.75) is 0 Å². The summed E-state index contributed by atoms with van der Waals surface area (Å²) in [6.45, 7) is 0. The fourth-order valence-electron chi connectivity index (χ4n) is 1.15. The predicted molar refractivity (Wildman–Crippen MR) is 57.6 cm³/mol. The average Bonchev–Trinajstić information content (AvgIpc) is 2.66. The third-order valence-electron chi connectivity index (χ3n) is 1.87. The van der Waals surface area contributed by atoms with Gasteiger partial charge in [0.15, 0.2) is 0 Å². The van der Waals surface area contributed by atoms with E-state index in [2.05, 4.69) is 4.98 Å². The number of aromatic nitrogens is 1. The van der Waals surface area contributed by atoms with Crippen LogP contribution in [0.15, 0.2) is 23.6 Å². The molecule has 82 valence electrons. The predicted octanol–water partition coefficient (Wildman–Crippen LogP) is 3.47. The molecule has 0 radical (unpaired) electrons. The van der Waals surface area contributed by atoms with Crippen LogP contribution in [0.3, 0.4) is 0 Å². The Kier molecular flexibility index (Phi) is 2.98. The number of thiazole rings is 1. The maximum atomic E-state index is 13.4. The van der Waals surface area contributed by atoms with Crippen LogP contribution in [0.5, 0.6) is 0 Å². The summed E-state index contributed by atoms with van der Waals surface area (Å²) in [6, 6.07) is 3.16. The lowest BCUT2D eigenvalue weighted by Crippen LogP contribution is -1.90. The molecule has 0 fully saturated rings. The van der Waals surface area contributed by atoms with Crippen molar-refractivity contribution in [3.63, 3.8) is 0 Å². The van der Waals surface area contributed by atoms with Crippen LogP contribution in [0, 0.1) is 11.6 Å². The first kappa shape index (κ1) is 11.2. The minimum atomic E-state index is -0.720. The molecular weight excluding hydrogens is 256 g/mol. The standard InChI is InChI=1S/C10H4ClF2NOS/c11-9(15)8-4-16-10(14-8)6-2-1-5(12)3-7(6)13/h1-4H. The molecule has 0 aliphatic rings. The second-order valence-corrected chi connectivity index (χ2v) is 4.14. The van der Waals surface area contributed by atoms with Crippen molar-refractivity contribution in [2.24, 2.45) is 0 Å². The Morgan fingerprint density at radius 1 is 1.38 bits per heavy atom. The van der Waals surface area contributed by atoms with Crippen LogP contribution in [0.2, 0.25) is 0 Å². The van der Waals surface area contributed by atoms with E-state index in [9.17, 15) is 13.6 Å². The molecule has 2 rings (SSSR count). The molecular formula is C10H4ClF2NOS. The van der Waals surface area contributed by atoms with Crippen LogP contribution >= 0.6 is 22.9 Å². The summed E-state index contributed by atoms with van der Waals surface area (Å²) >= 11 is 6.29. The van der Waals surface area contributed by atoms with Gasteiger partial charge < -0.3 is 0 Å². The van der Waals surface area contributed by atoms with Gasteiger partial charge in [-0.15, -0.1) is 11.3 Å². The number of hydrogen-bond donors (Lipinski definition) is 0. The number of hydrogen-bond acceptors (Lipinski definition) is 3. The van der Waals surface area contributed by atoms with Crippen LogP contribution in [0.25, 0.3) is 10.6 Å². The molecule has 0 bridgehead atoms. The van der Waals surface area contributed by atoms with Gasteiger partial charge in [-0.2, -0.15) is 0 Å². The van der Waals surface area contributed by atoms with Gasteiger partial charge in [-0.25, -0.2) is 13.8 Å². The van der Waals surface area contributed by atoms with Crippen molar-refractivity contribution in [3.8, 4) is 10.6 Å². The van der Waals surface area contributed by atoms with Crippen molar-refractivity contribution in [2.75, 3.05) is 0 Å². The Morgan fingerprint density at radius 3 is 2.69 bits per heavy atom. The largest absolute Gasteiger partial charge is 0.274 e. The second kappa shape index (κ2) is 4.27. The number of nitrogens with zero attached hydrogens (tertiary/aromatic N) is 1. The molecule has 2 aromatic rings. The zero-order chi connectivity index (χ0) is 11.7. The van der Waals surface area contributed by atoms with Gasteiger partial charge in [0.1, 0.15) is 22.3 Å². The Labute approximate surface area is 98.5 Å². The van der Waals surface area contributed by atoms with Crippen molar-refractivity contribution < 1.29 is 13.6 Å². The van der Waals surface area contributed by atoms with Crippen LogP contribution in [-0.4, -0.2) is 10.2 Å². The number of carbonyl (C=O) groups excluding carboxylic acids is 1. The summed E-state index contributed by atoms with van der Waals surface area (Å²) < 4.78 is 26.0. The Balaban J connectivity index is 2.46. The van der Waals surface area contributed by atoms with E-state index < -0.39 is 16.9 Å². The van der Waals surface area contributed by atoms with E-state index in [0.29, 0.717) is 5.01 Å². The fraction of sp³-hybridized carbons (Fsp3) is 0. The van der Waals surface area contributed by atoms with Crippen LogP contribution in [0.1, 0.15) is 10.5 Å². The molecule has 0 N–H and O–H groups in total. The quantitative estimate of drug-likeness (QED) is 0.773. The van der Waals surface area contributed by atoms with Gasteiger partial charge in [0, 0.05) is 17.0 Å². The second-order valence-electron chi connectivity index (χ2n) is 2.94. The maximum Gasteiger partial charge on any atom is 0.271 e. The highest BCUT2D eigenvalue weighted by Gasteiger charge is 2.13. The van der Waals surface area contributed by atoms with Gasteiger partial charge in [0.05, 0.1) is 0 Å².